The Balaban J connectivity index is 1.52. The third-order valence-corrected chi connectivity index (χ3v) is 7.44. The van der Waals surface area contributed by atoms with Crippen molar-refractivity contribution in [3.63, 3.8) is 0 Å². The monoisotopic (exact) mass is 658 g/mol. The van der Waals surface area contributed by atoms with Crippen LogP contribution in [0.3, 0.4) is 0 Å². The second-order valence-corrected chi connectivity index (χ2v) is 10.3. The SMILES string of the molecule is O=C(Cn1cccc1C(CCl)C(=O)C(CCl)c1cccn1CC(=O)c1ccc(C(F)(F)F)cn1)c1ccc(C(F)(F)F)cn1. The third kappa shape index (κ3) is 7.39. The molecule has 0 aliphatic heterocycles. The topological polar surface area (TPSA) is 86.9 Å². The molecule has 232 valence electrons. The Morgan fingerprint density at radius 3 is 1.34 bits per heavy atom. The van der Waals surface area contributed by atoms with Gasteiger partial charge in [-0.1, -0.05) is 0 Å². The maximum atomic E-state index is 13.8. The number of rotatable bonds is 12. The molecular weight excluding hydrogens is 637 g/mol. The molecule has 0 aliphatic carbocycles. The lowest BCUT2D eigenvalue weighted by molar-refractivity contribution is -0.138. The van der Waals surface area contributed by atoms with E-state index in [1.165, 1.54) is 21.5 Å². The highest BCUT2D eigenvalue weighted by Gasteiger charge is 2.34. The number of carbonyl (C=O) groups excluding carboxylic acids is 3. The van der Waals surface area contributed by atoms with Gasteiger partial charge in [-0.15, -0.1) is 23.2 Å². The molecular formula is C29H22Cl2F6N4O3. The van der Waals surface area contributed by atoms with Gasteiger partial charge in [0.1, 0.15) is 11.4 Å². The fraction of sp³-hybridized carbons (Fsp3) is 0.276. The molecule has 0 fully saturated rings. The fourth-order valence-corrected chi connectivity index (χ4v) is 5.16. The Bertz CT molecular complexity index is 1510. The minimum absolute atomic E-state index is 0.199. The Morgan fingerprint density at radius 1 is 0.659 bits per heavy atom. The molecule has 2 atom stereocenters. The molecule has 4 rings (SSSR count). The third-order valence-electron chi connectivity index (χ3n) is 6.82. The Kier molecular flexibility index (Phi) is 9.99. The first-order valence-electron chi connectivity index (χ1n) is 12.8. The number of hydrogen-bond acceptors (Lipinski definition) is 5. The smallest absolute Gasteiger partial charge is 0.343 e. The predicted molar refractivity (Wildman–Crippen MR) is 148 cm³/mol. The van der Waals surface area contributed by atoms with Crippen molar-refractivity contribution in [3.05, 3.63) is 107 Å². The Hall–Kier alpha value is -3.97. The lowest BCUT2D eigenvalue weighted by Gasteiger charge is -2.22. The summed E-state index contributed by atoms with van der Waals surface area (Å²) in [5.74, 6) is -4.00. The van der Waals surface area contributed by atoms with E-state index >= 15 is 0 Å². The predicted octanol–water partition coefficient (Wildman–Crippen LogP) is 6.80. The van der Waals surface area contributed by atoms with Gasteiger partial charge in [0, 0.05) is 47.9 Å². The van der Waals surface area contributed by atoms with Gasteiger partial charge in [0.05, 0.1) is 36.1 Å². The van der Waals surface area contributed by atoms with E-state index in [4.69, 9.17) is 23.2 Å². The zero-order valence-corrected chi connectivity index (χ0v) is 24.0. The number of carbonyl (C=O) groups is 3. The van der Waals surface area contributed by atoms with Crippen molar-refractivity contribution in [3.8, 4) is 0 Å². The van der Waals surface area contributed by atoms with Gasteiger partial charge < -0.3 is 9.13 Å². The van der Waals surface area contributed by atoms with Crippen LogP contribution in [-0.4, -0.2) is 48.2 Å². The summed E-state index contributed by atoms with van der Waals surface area (Å²) < 4.78 is 80.0. The number of nitrogens with zero attached hydrogens (tertiary/aromatic N) is 4. The summed E-state index contributed by atoms with van der Waals surface area (Å²) in [6.07, 6.45) is -5.07. The molecule has 4 aromatic rings. The molecule has 2 unspecified atom stereocenters. The normalized spacial score (nSPS) is 13.5. The lowest BCUT2D eigenvalue weighted by atomic mass is 9.90. The van der Waals surface area contributed by atoms with Crippen molar-refractivity contribution in [2.24, 2.45) is 0 Å². The van der Waals surface area contributed by atoms with Crippen LogP contribution in [-0.2, 0) is 30.2 Å². The van der Waals surface area contributed by atoms with Crippen LogP contribution >= 0.6 is 23.2 Å². The van der Waals surface area contributed by atoms with E-state index in [1.807, 2.05) is 0 Å². The summed E-state index contributed by atoms with van der Waals surface area (Å²) in [4.78, 5) is 46.7. The summed E-state index contributed by atoms with van der Waals surface area (Å²) in [5, 5.41) is 0. The second kappa shape index (κ2) is 13.3. The van der Waals surface area contributed by atoms with Gasteiger partial charge in [-0.2, -0.15) is 26.3 Å². The summed E-state index contributed by atoms with van der Waals surface area (Å²) in [7, 11) is 0. The average Bonchev–Trinajstić information content (AvgIpc) is 3.63. The molecule has 44 heavy (non-hydrogen) atoms. The number of ketones is 3. The number of halogens is 8. The Labute approximate surface area is 256 Å². The van der Waals surface area contributed by atoms with Crippen LogP contribution in [0.5, 0.6) is 0 Å². The number of alkyl halides is 8. The molecule has 15 heteroatoms. The van der Waals surface area contributed by atoms with Gasteiger partial charge in [-0.3, -0.25) is 24.4 Å². The summed E-state index contributed by atoms with van der Waals surface area (Å²) in [6, 6.07) is 9.73. The molecule has 0 N–H and O–H groups in total. The quantitative estimate of drug-likeness (QED) is 0.0950. The lowest BCUT2D eigenvalue weighted by Crippen LogP contribution is -2.28. The summed E-state index contributed by atoms with van der Waals surface area (Å²) in [5.41, 5.74) is -1.70. The van der Waals surface area contributed by atoms with E-state index in [-0.39, 0.29) is 36.2 Å². The van der Waals surface area contributed by atoms with Crippen molar-refractivity contribution >= 4 is 40.6 Å². The van der Waals surface area contributed by atoms with Crippen molar-refractivity contribution in [1.82, 2.24) is 19.1 Å². The number of pyridine rings is 2. The molecule has 4 heterocycles. The molecule has 0 bridgehead atoms. The van der Waals surface area contributed by atoms with Gasteiger partial charge in [-0.25, -0.2) is 0 Å². The van der Waals surface area contributed by atoms with E-state index in [1.54, 1.807) is 24.3 Å². The van der Waals surface area contributed by atoms with Gasteiger partial charge in [-0.05, 0) is 48.5 Å². The van der Waals surface area contributed by atoms with Gasteiger partial charge in [0.25, 0.3) is 0 Å². The standard InChI is InChI=1S/C29H22Cl2F6N4O3/c30-11-19(23-3-1-9-40(23)15-25(42)21-7-5-17(13-38-21)28(32,33)34)27(44)20(12-31)24-4-2-10-41(24)16-26(43)22-8-6-18(14-39-22)29(35,36)37/h1-10,13-14,19-20H,11-12,15-16H2. The molecule has 0 saturated heterocycles. The maximum absolute atomic E-state index is 13.8. The van der Waals surface area contributed by atoms with Crippen molar-refractivity contribution in [2.45, 2.75) is 37.3 Å². The van der Waals surface area contributed by atoms with Crippen LogP contribution < -0.4 is 0 Å². The molecule has 0 amide bonds. The van der Waals surface area contributed by atoms with Crippen molar-refractivity contribution < 1.29 is 40.7 Å². The highest BCUT2D eigenvalue weighted by atomic mass is 35.5. The molecule has 0 radical (unpaired) electrons. The van der Waals surface area contributed by atoms with Crippen LogP contribution in [0.4, 0.5) is 26.3 Å². The average molecular weight is 659 g/mol. The van der Waals surface area contributed by atoms with E-state index in [2.05, 4.69) is 9.97 Å². The minimum atomic E-state index is -4.61. The maximum Gasteiger partial charge on any atom is 0.417 e. The number of Topliss-reactive ketones (excluding diaryl/α,β-unsaturated/α-hetero) is 3. The first-order valence-corrected chi connectivity index (χ1v) is 13.9. The van der Waals surface area contributed by atoms with Crippen molar-refractivity contribution in [2.75, 3.05) is 11.8 Å². The zero-order chi connectivity index (χ0) is 32.2. The number of hydrogen-bond donors (Lipinski definition) is 0. The van der Waals surface area contributed by atoms with E-state index in [9.17, 15) is 40.7 Å². The van der Waals surface area contributed by atoms with Crippen LogP contribution in [0.2, 0.25) is 0 Å². The van der Waals surface area contributed by atoms with Gasteiger partial charge in [0.15, 0.2) is 5.78 Å². The molecule has 0 aliphatic rings. The van der Waals surface area contributed by atoms with Crippen LogP contribution in [0, 0.1) is 0 Å². The molecule has 0 spiro atoms. The highest BCUT2D eigenvalue weighted by molar-refractivity contribution is 6.22. The van der Waals surface area contributed by atoms with E-state index in [0.717, 1.165) is 24.3 Å². The Morgan fingerprint density at radius 2 is 1.05 bits per heavy atom. The van der Waals surface area contributed by atoms with Crippen LogP contribution in [0.25, 0.3) is 0 Å². The van der Waals surface area contributed by atoms with Crippen LogP contribution in [0.1, 0.15) is 55.3 Å². The first-order chi connectivity index (χ1) is 20.7. The summed E-state index contributed by atoms with van der Waals surface area (Å²) in [6.45, 7) is -0.671. The van der Waals surface area contributed by atoms with Gasteiger partial charge >= 0.3 is 12.4 Å². The largest absolute Gasteiger partial charge is 0.417 e. The molecule has 4 aromatic heterocycles. The fourth-order valence-electron chi connectivity index (χ4n) is 4.54. The first kappa shape index (κ1) is 32.9. The zero-order valence-electron chi connectivity index (χ0n) is 22.4. The second-order valence-electron chi connectivity index (χ2n) is 9.64. The van der Waals surface area contributed by atoms with E-state index in [0.29, 0.717) is 23.8 Å². The van der Waals surface area contributed by atoms with Crippen molar-refractivity contribution in [1.29, 1.82) is 0 Å². The number of aromatic nitrogens is 4. The van der Waals surface area contributed by atoms with Gasteiger partial charge in [0.2, 0.25) is 11.6 Å². The molecule has 7 nitrogen and oxygen atoms in total. The highest BCUT2D eigenvalue weighted by Crippen LogP contribution is 2.32. The minimum Gasteiger partial charge on any atom is -0.343 e. The summed E-state index contributed by atoms with van der Waals surface area (Å²) >= 11 is 12.4. The molecule has 0 aromatic carbocycles. The van der Waals surface area contributed by atoms with E-state index < -0.39 is 52.7 Å². The molecule has 0 saturated carbocycles. The van der Waals surface area contributed by atoms with Crippen LogP contribution in [0.15, 0.2) is 73.3 Å².